The van der Waals surface area contributed by atoms with Crippen LogP contribution in [0.4, 0.5) is 10.7 Å². The molecule has 0 bridgehead atoms. The highest BCUT2D eigenvalue weighted by Crippen LogP contribution is 2.40. The lowest BCUT2D eigenvalue weighted by Gasteiger charge is -2.18. The fraction of sp³-hybridized carbons (Fsp3) is 0.333. The van der Waals surface area contributed by atoms with E-state index in [-0.39, 0.29) is 5.97 Å². The van der Waals surface area contributed by atoms with Gasteiger partial charge in [0.15, 0.2) is 5.11 Å². The van der Waals surface area contributed by atoms with Gasteiger partial charge in [0.05, 0.1) is 12.7 Å². The van der Waals surface area contributed by atoms with Crippen molar-refractivity contribution in [2.75, 3.05) is 17.7 Å². The molecule has 3 rings (SSSR count). The molecule has 0 saturated heterocycles. The summed E-state index contributed by atoms with van der Waals surface area (Å²) in [5.74, 6) is 0.332. The second-order valence-corrected chi connectivity index (χ2v) is 8.56. The minimum absolute atomic E-state index is 0.305. The molecule has 7 heteroatoms. The highest BCUT2D eigenvalue weighted by atomic mass is 79.9. The van der Waals surface area contributed by atoms with Crippen molar-refractivity contribution in [3.63, 3.8) is 0 Å². The number of hydrogen-bond donors (Lipinski definition) is 2. The van der Waals surface area contributed by atoms with Gasteiger partial charge in [-0.2, -0.15) is 0 Å². The first kappa shape index (κ1) is 18.4. The van der Waals surface area contributed by atoms with Gasteiger partial charge in [0.1, 0.15) is 5.00 Å². The molecule has 1 aromatic heterocycles. The first-order chi connectivity index (χ1) is 12.0. The Labute approximate surface area is 165 Å². The van der Waals surface area contributed by atoms with Crippen molar-refractivity contribution in [1.82, 2.24) is 0 Å². The van der Waals surface area contributed by atoms with Gasteiger partial charge in [0, 0.05) is 15.0 Å². The monoisotopic (exact) mass is 438 g/mol. The Morgan fingerprint density at radius 2 is 2.04 bits per heavy atom. The van der Waals surface area contributed by atoms with E-state index in [1.54, 1.807) is 11.3 Å². The van der Waals surface area contributed by atoms with Crippen molar-refractivity contribution < 1.29 is 9.53 Å². The number of rotatable bonds is 3. The van der Waals surface area contributed by atoms with E-state index in [4.69, 9.17) is 17.0 Å². The maximum Gasteiger partial charge on any atom is 0.341 e. The highest BCUT2D eigenvalue weighted by Gasteiger charge is 2.28. The highest BCUT2D eigenvalue weighted by molar-refractivity contribution is 9.10. The number of fused-ring (bicyclic) bond motifs is 1. The molecule has 25 heavy (non-hydrogen) atoms. The Morgan fingerprint density at radius 1 is 1.32 bits per heavy atom. The van der Waals surface area contributed by atoms with Crippen LogP contribution in [0.15, 0.2) is 28.7 Å². The number of thiophene rings is 1. The quantitative estimate of drug-likeness (QED) is 0.507. The Hall–Kier alpha value is -1.44. The van der Waals surface area contributed by atoms with E-state index in [2.05, 4.69) is 33.5 Å². The zero-order chi connectivity index (χ0) is 18.0. The van der Waals surface area contributed by atoms with Crippen LogP contribution >= 0.6 is 39.5 Å². The van der Waals surface area contributed by atoms with Crippen molar-refractivity contribution in [1.29, 1.82) is 0 Å². The number of hydrogen-bond acceptors (Lipinski definition) is 4. The summed E-state index contributed by atoms with van der Waals surface area (Å²) < 4.78 is 6.00. The lowest BCUT2D eigenvalue weighted by Crippen LogP contribution is -2.20. The van der Waals surface area contributed by atoms with Gasteiger partial charge in [-0.05, 0) is 67.2 Å². The predicted molar refractivity (Wildman–Crippen MR) is 111 cm³/mol. The zero-order valence-corrected chi connectivity index (χ0v) is 17.2. The van der Waals surface area contributed by atoms with Crippen molar-refractivity contribution in [3.8, 4) is 0 Å². The van der Waals surface area contributed by atoms with E-state index >= 15 is 0 Å². The molecular weight excluding hydrogens is 420 g/mol. The van der Waals surface area contributed by atoms with Crippen LogP contribution in [0.5, 0.6) is 0 Å². The van der Waals surface area contributed by atoms with Crippen molar-refractivity contribution >= 4 is 61.3 Å². The van der Waals surface area contributed by atoms with Crippen LogP contribution in [0.2, 0.25) is 0 Å². The molecule has 0 amide bonds. The molecule has 1 atom stereocenters. The van der Waals surface area contributed by atoms with Gasteiger partial charge < -0.3 is 15.4 Å². The van der Waals surface area contributed by atoms with Gasteiger partial charge in [-0.3, -0.25) is 0 Å². The first-order valence-corrected chi connectivity index (χ1v) is 10.1. The number of thiocarbonyl (C=S) groups is 1. The largest absolute Gasteiger partial charge is 0.465 e. The van der Waals surface area contributed by atoms with Gasteiger partial charge in [-0.25, -0.2) is 4.79 Å². The van der Waals surface area contributed by atoms with Gasteiger partial charge in [0.2, 0.25) is 0 Å². The summed E-state index contributed by atoms with van der Waals surface area (Å²) in [6.45, 7) is 2.24. The lowest BCUT2D eigenvalue weighted by molar-refractivity contribution is 0.0601. The average molecular weight is 439 g/mol. The van der Waals surface area contributed by atoms with Crippen LogP contribution in [0, 0.1) is 5.92 Å². The number of anilines is 2. The maximum absolute atomic E-state index is 12.3. The molecule has 1 aliphatic carbocycles. The number of halogens is 1. The van der Waals surface area contributed by atoms with E-state index in [0.717, 1.165) is 40.0 Å². The molecule has 0 aliphatic heterocycles. The first-order valence-electron chi connectivity index (χ1n) is 8.04. The fourth-order valence-electron chi connectivity index (χ4n) is 2.96. The van der Waals surface area contributed by atoms with Gasteiger partial charge >= 0.3 is 5.97 Å². The second-order valence-electron chi connectivity index (χ2n) is 6.13. The topological polar surface area (TPSA) is 50.4 Å². The third-order valence-corrected chi connectivity index (χ3v) is 6.13. The molecule has 0 saturated carbocycles. The maximum atomic E-state index is 12.3. The fourth-order valence-corrected chi connectivity index (χ4v) is 4.91. The molecule has 1 aromatic carbocycles. The molecule has 1 aliphatic rings. The summed E-state index contributed by atoms with van der Waals surface area (Å²) >= 11 is 10.4. The van der Waals surface area contributed by atoms with Crippen molar-refractivity contribution in [2.24, 2.45) is 5.92 Å². The molecule has 1 unspecified atom stereocenters. The molecule has 0 spiro atoms. The lowest BCUT2D eigenvalue weighted by atomic mass is 9.88. The summed E-state index contributed by atoms with van der Waals surface area (Å²) in [6, 6.07) is 7.74. The van der Waals surface area contributed by atoms with E-state index in [1.165, 1.54) is 12.0 Å². The molecule has 132 valence electrons. The van der Waals surface area contributed by atoms with Crippen LogP contribution in [-0.2, 0) is 17.6 Å². The van der Waals surface area contributed by atoms with E-state index in [1.807, 2.05) is 24.3 Å². The molecular formula is C18H19BrN2O2S2. The Morgan fingerprint density at radius 3 is 2.72 bits per heavy atom. The van der Waals surface area contributed by atoms with Crippen molar-refractivity contribution in [3.05, 3.63) is 44.7 Å². The average Bonchev–Trinajstić information content (AvgIpc) is 2.92. The Balaban J connectivity index is 1.82. The van der Waals surface area contributed by atoms with E-state index < -0.39 is 0 Å². The summed E-state index contributed by atoms with van der Waals surface area (Å²) in [5, 5.41) is 7.55. The third-order valence-electron chi connectivity index (χ3n) is 4.23. The minimum Gasteiger partial charge on any atom is -0.465 e. The van der Waals surface area contributed by atoms with Crippen LogP contribution in [0.3, 0.4) is 0 Å². The van der Waals surface area contributed by atoms with Gasteiger partial charge in [-0.1, -0.05) is 22.9 Å². The summed E-state index contributed by atoms with van der Waals surface area (Å²) in [7, 11) is 1.42. The number of esters is 1. The Kier molecular flexibility index (Phi) is 5.76. The van der Waals surface area contributed by atoms with Crippen LogP contribution < -0.4 is 10.6 Å². The zero-order valence-electron chi connectivity index (χ0n) is 14.0. The number of nitrogens with one attached hydrogen (secondary N) is 2. The standard InChI is InChI=1S/C18H19BrN2O2S2/c1-10-3-8-13-14(9-10)25-16(15(13)17(22)23-2)21-18(24)20-12-6-4-11(19)5-7-12/h4-7,10H,3,8-9H2,1-2H3,(H2,20,21,24). The van der Waals surface area contributed by atoms with Crippen LogP contribution in [0.25, 0.3) is 0 Å². The summed E-state index contributed by atoms with van der Waals surface area (Å²) in [6.07, 6.45) is 3.00. The summed E-state index contributed by atoms with van der Waals surface area (Å²) in [4.78, 5) is 13.6. The van der Waals surface area contributed by atoms with E-state index in [0.29, 0.717) is 16.6 Å². The minimum atomic E-state index is -0.305. The molecule has 2 N–H and O–H groups in total. The molecule has 0 fully saturated rings. The molecule has 1 heterocycles. The second kappa shape index (κ2) is 7.85. The number of carbonyl (C=O) groups excluding carboxylic acids is 1. The SMILES string of the molecule is COC(=O)c1c(NC(=S)Nc2ccc(Br)cc2)sc2c1CCC(C)C2. The Bertz CT molecular complexity index is 802. The third kappa shape index (κ3) is 4.22. The number of benzene rings is 1. The molecule has 4 nitrogen and oxygen atoms in total. The van der Waals surface area contributed by atoms with Crippen LogP contribution in [-0.4, -0.2) is 18.2 Å². The van der Waals surface area contributed by atoms with Gasteiger partial charge in [0.25, 0.3) is 0 Å². The number of ether oxygens (including phenoxy) is 1. The van der Waals surface area contributed by atoms with E-state index in [9.17, 15) is 4.79 Å². The van der Waals surface area contributed by atoms with Gasteiger partial charge in [-0.15, -0.1) is 11.3 Å². The number of carbonyl (C=O) groups is 1. The summed E-state index contributed by atoms with van der Waals surface area (Å²) in [5.41, 5.74) is 2.63. The molecule has 0 radical (unpaired) electrons. The van der Waals surface area contributed by atoms with Crippen molar-refractivity contribution in [2.45, 2.75) is 26.2 Å². The molecule has 2 aromatic rings. The normalized spacial score (nSPS) is 16.0. The van der Waals surface area contributed by atoms with Crippen LogP contribution in [0.1, 0.15) is 34.1 Å². The smallest absolute Gasteiger partial charge is 0.341 e. The predicted octanol–water partition coefficient (Wildman–Crippen LogP) is 5.23. The number of methoxy groups -OCH3 is 1.